The molecule has 0 saturated carbocycles. The molecule has 0 radical (unpaired) electrons. The van der Waals surface area contributed by atoms with E-state index in [1.54, 1.807) is 0 Å². The molecular weight excluding hydrogens is 254 g/mol. The van der Waals surface area contributed by atoms with E-state index in [2.05, 4.69) is 6.92 Å². The number of fused-ring (bicyclic) bond motifs is 1. The normalized spacial score (nSPS) is 11.2. The van der Waals surface area contributed by atoms with Crippen LogP contribution in [-0.4, -0.2) is 0 Å². The van der Waals surface area contributed by atoms with Gasteiger partial charge in [0, 0.05) is 5.39 Å². The van der Waals surface area contributed by atoms with Crippen LogP contribution in [0.3, 0.4) is 0 Å². The van der Waals surface area contributed by atoms with Crippen molar-refractivity contribution in [3.8, 4) is 0 Å². The molecular formula is C18H22F2. The van der Waals surface area contributed by atoms with Gasteiger partial charge in [0.05, 0.1) is 0 Å². The quantitative estimate of drug-likeness (QED) is 0.600. The molecule has 0 aliphatic heterocycles. The summed E-state index contributed by atoms with van der Waals surface area (Å²) in [5, 5.41) is 1.23. The van der Waals surface area contributed by atoms with Crippen LogP contribution in [0.25, 0.3) is 10.8 Å². The maximum atomic E-state index is 14.3. The molecule has 0 atom stereocenters. The Morgan fingerprint density at radius 2 is 1.70 bits per heavy atom. The third kappa shape index (κ3) is 2.84. The van der Waals surface area contributed by atoms with Crippen molar-refractivity contribution in [1.29, 1.82) is 0 Å². The summed E-state index contributed by atoms with van der Waals surface area (Å²) in [5.74, 6) is -1.35. The molecule has 2 heteroatoms. The second-order valence-corrected chi connectivity index (χ2v) is 5.58. The first-order valence-electron chi connectivity index (χ1n) is 7.43. The Morgan fingerprint density at radius 1 is 0.950 bits per heavy atom. The van der Waals surface area contributed by atoms with E-state index in [9.17, 15) is 8.78 Å². The van der Waals surface area contributed by atoms with Crippen LogP contribution in [-0.2, 0) is 6.42 Å². The van der Waals surface area contributed by atoms with Crippen LogP contribution in [0.1, 0.15) is 49.3 Å². The van der Waals surface area contributed by atoms with Gasteiger partial charge in [0.2, 0.25) is 0 Å². The monoisotopic (exact) mass is 276 g/mol. The van der Waals surface area contributed by atoms with Gasteiger partial charge >= 0.3 is 0 Å². The largest absolute Gasteiger partial charge is 0.203 e. The summed E-state index contributed by atoms with van der Waals surface area (Å²) in [6.07, 6.45) is 4.90. The fourth-order valence-electron chi connectivity index (χ4n) is 2.67. The lowest BCUT2D eigenvalue weighted by Gasteiger charge is -2.11. The van der Waals surface area contributed by atoms with Gasteiger partial charge in [-0.05, 0) is 54.8 Å². The fourth-order valence-corrected chi connectivity index (χ4v) is 2.67. The Bertz CT molecular complexity index is 615. The van der Waals surface area contributed by atoms with E-state index >= 15 is 0 Å². The van der Waals surface area contributed by atoms with Crippen molar-refractivity contribution in [1.82, 2.24) is 0 Å². The maximum absolute atomic E-state index is 14.3. The Hall–Kier alpha value is -1.44. The van der Waals surface area contributed by atoms with Gasteiger partial charge in [-0.2, -0.15) is 0 Å². The molecule has 0 bridgehead atoms. The Labute approximate surface area is 119 Å². The molecule has 0 N–H and O–H groups in total. The van der Waals surface area contributed by atoms with Crippen LogP contribution in [0.5, 0.6) is 0 Å². The molecule has 0 aromatic heterocycles. The van der Waals surface area contributed by atoms with Crippen LogP contribution in [0.4, 0.5) is 8.78 Å². The standard InChI is InChI=1S/C18H22F2/c1-4-5-6-7-8-15-11-14-10-9-12(2)13(3)16(14)18(20)17(15)19/h9-11H,4-8H2,1-3H3. The third-order valence-corrected chi connectivity index (χ3v) is 4.09. The van der Waals surface area contributed by atoms with E-state index in [-0.39, 0.29) is 0 Å². The minimum absolute atomic E-state index is 0.430. The Morgan fingerprint density at radius 3 is 2.40 bits per heavy atom. The average Bonchev–Trinajstić information content (AvgIpc) is 2.44. The zero-order chi connectivity index (χ0) is 14.7. The number of aryl methyl sites for hydroxylation is 3. The first-order valence-corrected chi connectivity index (χ1v) is 7.43. The highest BCUT2D eigenvalue weighted by Gasteiger charge is 2.15. The van der Waals surface area contributed by atoms with Crippen molar-refractivity contribution >= 4 is 10.8 Å². The van der Waals surface area contributed by atoms with Gasteiger partial charge in [-0.1, -0.05) is 38.3 Å². The summed E-state index contributed by atoms with van der Waals surface area (Å²) in [4.78, 5) is 0. The number of rotatable bonds is 5. The summed E-state index contributed by atoms with van der Waals surface area (Å²) in [6, 6.07) is 5.66. The van der Waals surface area contributed by atoms with Gasteiger partial charge in [-0.15, -0.1) is 0 Å². The molecule has 0 aliphatic carbocycles. The highest BCUT2D eigenvalue weighted by molar-refractivity contribution is 5.88. The van der Waals surface area contributed by atoms with Crippen LogP contribution >= 0.6 is 0 Å². The van der Waals surface area contributed by atoms with Crippen molar-refractivity contribution in [2.75, 3.05) is 0 Å². The zero-order valence-corrected chi connectivity index (χ0v) is 12.5. The lowest BCUT2D eigenvalue weighted by atomic mass is 9.96. The van der Waals surface area contributed by atoms with Crippen molar-refractivity contribution < 1.29 is 8.78 Å². The van der Waals surface area contributed by atoms with Crippen molar-refractivity contribution in [2.45, 2.75) is 52.9 Å². The van der Waals surface area contributed by atoms with Crippen molar-refractivity contribution in [3.05, 3.63) is 46.5 Å². The lowest BCUT2D eigenvalue weighted by Crippen LogP contribution is -1.99. The van der Waals surface area contributed by atoms with Gasteiger partial charge < -0.3 is 0 Å². The van der Waals surface area contributed by atoms with Crippen molar-refractivity contribution in [3.63, 3.8) is 0 Å². The van der Waals surface area contributed by atoms with E-state index in [0.717, 1.165) is 42.2 Å². The molecule has 0 aliphatic rings. The summed E-state index contributed by atoms with van der Waals surface area (Å²) >= 11 is 0. The zero-order valence-electron chi connectivity index (χ0n) is 12.5. The molecule has 0 fully saturated rings. The first-order chi connectivity index (χ1) is 9.56. The topological polar surface area (TPSA) is 0 Å². The molecule has 0 heterocycles. The van der Waals surface area contributed by atoms with E-state index < -0.39 is 11.6 Å². The summed E-state index contributed by atoms with van der Waals surface area (Å²) in [7, 11) is 0. The van der Waals surface area contributed by atoms with Gasteiger partial charge in [0.1, 0.15) is 0 Å². The van der Waals surface area contributed by atoms with E-state index in [0.29, 0.717) is 17.4 Å². The number of halogens is 2. The van der Waals surface area contributed by atoms with E-state index in [1.807, 2.05) is 32.0 Å². The number of benzene rings is 2. The molecule has 0 spiro atoms. The molecule has 0 amide bonds. The predicted molar refractivity (Wildman–Crippen MR) is 81.2 cm³/mol. The van der Waals surface area contributed by atoms with Crippen molar-refractivity contribution in [2.24, 2.45) is 0 Å². The van der Waals surface area contributed by atoms with Gasteiger partial charge in [-0.3, -0.25) is 0 Å². The first kappa shape index (κ1) is 15.0. The van der Waals surface area contributed by atoms with E-state index in [4.69, 9.17) is 0 Å². The van der Waals surface area contributed by atoms with Gasteiger partial charge in [-0.25, -0.2) is 8.78 Å². The van der Waals surface area contributed by atoms with Crippen LogP contribution in [0.15, 0.2) is 18.2 Å². The second-order valence-electron chi connectivity index (χ2n) is 5.58. The lowest BCUT2D eigenvalue weighted by molar-refractivity contribution is 0.503. The second kappa shape index (κ2) is 6.34. The van der Waals surface area contributed by atoms with Crippen LogP contribution < -0.4 is 0 Å². The molecule has 2 aromatic rings. The molecule has 2 aromatic carbocycles. The minimum atomic E-state index is -0.686. The Kier molecular flexibility index (Phi) is 4.74. The Balaban J connectivity index is 2.39. The van der Waals surface area contributed by atoms with Gasteiger partial charge in [0.15, 0.2) is 11.6 Å². The molecule has 20 heavy (non-hydrogen) atoms. The average molecular weight is 276 g/mol. The van der Waals surface area contributed by atoms with Crippen LogP contribution in [0.2, 0.25) is 0 Å². The fraction of sp³-hybridized carbons (Fsp3) is 0.444. The SMILES string of the molecule is CCCCCCc1cc2ccc(C)c(C)c2c(F)c1F. The predicted octanol–water partition coefficient (Wildman–Crippen LogP) is 5.86. The molecule has 2 rings (SSSR count). The smallest absolute Gasteiger partial charge is 0.167 e. The third-order valence-electron chi connectivity index (χ3n) is 4.09. The summed E-state index contributed by atoms with van der Waals surface area (Å²) in [6.45, 7) is 5.91. The summed E-state index contributed by atoms with van der Waals surface area (Å²) in [5.41, 5.74) is 2.33. The molecule has 108 valence electrons. The van der Waals surface area contributed by atoms with E-state index in [1.165, 1.54) is 0 Å². The number of hydrogen-bond acceptors (Lipinski definition) is 0. The minimum Gasteiger partial charge on any atom is -0.203 e. The van der Waals surface area contributed by atoms with Crippen LogP contribution in [0, 0.1) is 25.5 Å². The number of unbranched alkanes of at least 4 members (excludes halogenated alkanes) is 3. The highest BCUT2D eigenvalue weighted by atomic mass is 19.2. The number of hydrogen-bond donors (Lipinski definition) is 0. The molecule has 0 nitrogen and oxygen atoms in total. The molecule has 0 unspecified atom stereocenters. The summed E-state index contributed by atoms with van der Waals surface area (Å²) < 4.78 is 28.5. The highest BCUT2D eigenvalue weighted by Crippen LogP contribution is 2.29. The maximum Gasteiger partial charge on any atom is 0.167 e. The van der Waals surface area contributed by atoms with Gasteiger partial charge in [0.25, 0.3) is 0 Å². The molecule has 0 saturated heterocycles.